The zero-order valence-corrected chi connectivity index (χ0v) is 14.3. The van der Waals surface area contributed by atoms with Crippen LogP contribution in [-0.2, 0) is 14.4 Å². The highest BCUT2D eigenvalue weighted by Gasteiger charge is 2.54. The highest BCUT2D eigenvalue weighted by molar-refractivity contribution is 6.17. The molecule has 0 aliphatic carbocycles. The minimum absolute atomic E-state index is 0.0632. The molecule has 1 aromatic rings. The summed E-state index contributed by atoms with van der Waals surface area (Å²) in [6, 6.07) is 3.83. The van der Waals surface area contributed by atoms with Gasteiger partial charge in [0.25, 0.3) is 0 Å². The number of benzene rings is 1. The SMILES string of the molecule is C#Cc1cc(C)cc(C)c1C1C(=O)NC2(CCN(OC)CC2)C1=O. The number of hydroxylamine groups is 2. The van der Waals surface area contributed by atoms with Gasteiger partial charge in [-0.05, 0) is 49.4 Å². The molecule has 2 saturated heterocycles. The molecule has 1 amide bonds. The number of terminal acetylenes is 1. The average molecular weight is 326 g/mol. The van der Waals surface area contributed by atoms with Gasteiger partial charge in [-0.15, -0.1) is 6.42 Å². The van der Waals surface area contributed by atoms with Crippen LogP contribution < -0.4 is 5.32 Å². The van der Waals surface area contributed by atoms with Gasteiger partial charge in [-0.2, -0.15) is 5.06 Å². The fraction of sp³-hybridized carbons (Fsp3) is 0.474. The Morgan fingerprint density at radius 3 is 2.54 bits per heavy atom. The summed E-state index contributed by atoms with van der Waals surface area (Å²) in [5, 5.41) is 4.77. The molecule has 1 unspecified atom stereocenters. The van der Waals surface area contributed by atoms with Gasteiger partial charge < -0.3 is 10.2 Å². The zero-order valence-electron chi connectivity index (χ0n) is 14.3. The first-order valence-electron chi connectivity index (χ1n) is 8.15. The molecule has 2 heterocycles. The summed E-state index contributed by atoms with van der Waals surface area (Å²) >= 11 is 0. The van der Waals surface area contributed by atoms with Crippen LogP contribution in [0.25, 0.3) is 0 Å². The van der Waals surface area contributed by atoms with Crippen molar-refractivity contribution >= 4 is 11.7 Å². The third-order valence-corrected chi connectivity index (χ3v) is 5.17. The number of nitrogens with zero attached hydrogens (tertiary/aromatic N) is 1. The highest BCUT2D eigenvalue weighted by atomic mass is 16.7. The standard InChI is InChI=1S/C19H22N2O3/c1-5-14-11-12(2)10-13(3)15(14)16-17(22)19(20-18(16)23)6-8-21(24-4)9-7-19/h1,10-11,16H,6-9H2,2-4H3,(H,20,23). The van der Waals surface area contributed by atoms with Crippen LogP contribution in [0.15, 0.2) is 12.1 Å². The van der Waals surface area contributed by atoms with Crippen LogP contribution in [0.5, 0.6) is 0 Å². The van der Waals surface area contributed by atoms with Crippen LogP contribution in [0.2, 0.25) is 0 Å². The maximum atomic E-state index is 13.2. The molecule has 0 bridgehead atoms. The van der Waals surface area contributed by atoms with Crippen LogP contribution >= 0.6 is 0 Å². The fourth-order valence-electron chi connectivity index (χ4n) is 3.93. The largest absolute Gasteiger partial charge is 0.343 e. The van der Waals surface area contributed by atoms with Crippen molar-refractivity contribution in [2.24, 2.45) is 0 Å². The number of piperidine rings is 1. The van der Waals surface area contributed by atoms with Crippen LogP contribution in [0.3, 0.4) is 0 Å². The number of ketones is 1. The molecule has 2 aliphatic rings. The fourth-order valence-corrected chi connectivity index (χ4v) is 3.93. The number of carbonyl (C=O) groups is 2. The van der Waals surface area contributed by atoms with E-state index < -0.39 is 11.5 Å². The molecule has 0 aromatic heterocycles. The first-order valence-corrected chi connectivity index (χ1v) is 8.15. The molecule has 3 rings (SSSR count). The highest BCUT2D eigenvalue weighted by Crippen LogP contribution is 2.38. The lowest BCUT2D eigenvalue weighted by Crippen LogP contribution is -2.54. The molecule has 126 valence electrons. The van der Waals surface area contributed by atoms with Gasteiger partial charge in [-0.1, -0.05) is 12.0 Å². The third kappa shape index (κ3) is 2.52. The molecule has 5 heteroatoms. The summed E-state index contributed by atoms with van der Waals surface area (Å²) in [5.74, 6) is 1.52. The molecule has 2 aliphatic heterocycles. The smallest absolute Gasteiger partial charge is 0.236 e. The van der Waals surface area contributed by atoms with Gasteiger partial charge in [0, 0.05) is 18.7 Å². The lowest BCUT2D eigenvalue weighted by Gasteiger charge is -2.36. The Hall–Kier alpha value is -2.16. The van der Waals surface area contributed by atoms with E-state index in [-0.39, 0.29) is 11.7 Å². The van der Waals surface area contributed by atoms with Crippen LogP contribution in [0.1, 0.15) is 41.0 Å². The summed E-state index contributed by atoms with van der Waals surface area (Å²) < 4.78 is 0. The average Bonchev–Trinajstić information content (AvgIpc) is 2.79. The summed E-state index contributed by atoms with van der Waals surface area (Å²) in [5.41, 5.74) is 2.44. The van der Waals surface area contributed by atoms with Gasteiger partial charge >= 0.3 is 0 Å². The van der Waals surface area contributed by atoms with Crippen molar-refractivity contribution in [2.45, 2.75) is 38.1 Å². The van der Waals surface area contributed by atoms with Crippen LogP contribution in [0.4, 0.5) is 0 Å². The number of hydrogen-bond donors (Lipinski definition) is 1. The van der Waals surface area contributed by atoms with Gasteiger partial charge in [0.1, 0.15) is 11.5 Å². The maximum Gasteiger partial charge on any atom is 0.236 e. The number of nitrogens with one attached hydrogen (secondary N) is 1. The summed E-state index contributed by atoms with van der Waals surface area (Å²) in [6.45, 7) is 5.09. The van der Waals surface area contributed by atoms with E-state index in [1.807, 2.05) is 31.0 Å². The minimum atomic E-state index is -0.814. The van der Waals surface area contributed by atoms with Gasteiger partial charge in [0.15, 0.2) is 5.78 Å². The van der Waals surface area contributed by atoms with Crippen molar-refractivity contribution in [2.75, 3.05) is 20.2 Å². The van der Waals surface area contributed by atoms with Crippen molar-refractivity contribution in [1.82, 2.24) is 10.4 Å². The number of aryl methyl sites for hydroxylation is 2. The van der Waals surface area contributed by atoms with Crippen LogP contribution in [0, 0.1) is 26.2 Å². The zero-order chi connectivity index (χ0) is 17.5. The monoisotopic (exact) mass is 326 g/mol. The van der Waals surface area contributed by atoms with E-state index in [1.54, 1.807) is 7.11 Å². The minimum Gasteiger partial charge on any atom is -0.343 e. The van der Waals surface area contributed by atoms with Gasteiger partial charge in [-0.3, -0.25) is 9.59 Å². The van der Waals surface area contributed by atoms with Crippen molar-refractivity contribution in [3.05, 3.63) is 34.4 Å². The Bertz CT molecular complexity index is 740. The first-order chi connectivity index (χ1) is 11.4. The van der Waals surface area contributed by atoms with Crippen molar-refractivity contribution in [3.8, 4) is 12.3 Å². The van der Waals surface area contributed by atoms with E-state index in [1.165, 1.54) is 0 Å². The second-order valence-corrected chi connectivity index (χ2v) is 6.67. The van der Waals surface area contributed by atoms with E-state index in [2.05, 4.69) is 11.2 Å². The Morgan fingerprint density at radius 1 is 1.29 bits per heavy atom. The lowest BCUT2D eigenvalue weighted by molar-refractivity contribution is -0.157. The van der Waals surface area contributed by atoms with E-state index in [0.717, 1.165) is 11.1 Å². The van der Waals surface area contributed by atoms with Crippen molar-refractivity contribution in [1.29, 1.82) is 0 Å². The molecule has 1 spiro atoms. The molecular weight excluding hydrogens is 304 g/mol. The van der Waals surface area contributed by atoms with Gasteiger partial charge in [0.2, 0.25) is 5.91 Å². The molecule has 0 radical (unpaired) electrons. The summed E-state index contributed by atoms with van der Waals surface area (Å²) in [7, 11) is 1.62. The Morgan fingerprint density at radius 2 is 1.96 bits per heavy atom. The number of hydrogen-bond acceptors (Lipinski definition) is 4. The third-order valence-electron chi connectivity index (χ3n) is 5.17. The van der Waals surface area contributed by atoms with Gasteiger partial charge in [-0.25, -0.2) is 0 Å². The number of carbonyl (C=O) groups excluding carboxylic acids is 2. The second kappa shape index (κ2) is 6.04. The predicted molar refractivity (Wildman–Crippen MR) is 90.3 cm³/mol. The van der Waals surface area contributed by atoms with Crippen molar-refractivity contribution < 1.29 is 14.4 Å². The van der Waals surface area contributed by atoms with Crippen LogP contribution in [-0.4, -0.2) is 42.5 Å². The molecule has 0 saturated carbocycles. The molecule has 5 nitrogen and oxygen atoms in total. The van der Waals surface area contributed by atoms with E-state index in [4.69, 9.17) is 11.3 Å². The molecule has 1 aromatic carbocycles. The van der Waals surface area contributed by atoms with E-state index >= 15 is 0 Å². The lowest BCUT2D eigenvalue weighted by atomic mass is 9.79. The Labute approximate surface area is 142 Å². The normalized spacial score (nSPS) is 23.3. The molecule has 2 fully saturated rings. The number of amides is 1. The molecule has 1 N–H and O–H groups in total. The predicted octanol–water partition coefficient (Wildman–Crippen LogP) is 1.46. The molecule has 24 heavy (non-hydrogen) atoms. The first kappa shape index (κ1) is 16.7. The number of Topliss-reactive ketones (excluding diaryl/α,β-unsaturated/α-hetero) is 1. The summed E-state index contributed by atoms with van der Waals surface area (Å²) in [4.78, 5) is 31.1. The molecule has 1 atom stereocenters. The van der Waals surface area contributed by atoms with Crippen molar-refractivity contribution in [3.63, 3.8) is 0 Å². The summed E-state index contributed by atoms with van der Waals surface area (Å²) in [6.07, 6.45) is 6.74. The second-order valence-electron chi connectivity index (χ2n) is 6.67. The Balaban J connectivity index is 1.99. The van der Waals surface area contributed by atoms with Gasteiger partial charge in [0.05, 0.1) is 7.11 Å². The molecular formula is C19H22N2O3. The van der Waals surface area contributed by atoms with E-state index in [0.29, 0.717) is 37.1 Å². The topological polar surface area (TPSA) is 58.6 Å². The maximum absolute atomic E-state index is 13.2. The quantitative estimate of drug-likeness (QED) is 0.660. The number of rotatable bonds is 2. The van der Waals surface area contributed by atoms with E-state index in [9.17, 15) is 9.59 Å². The Kier molecular flexibility index (Phi) is 4.20.